The van der Waals surface area contributed by atoms with Crippen molar-refractivity contribution in [1.82, 2.24) is 58.5 Å². The molecule has 1 fully saturated rings. The van der Waals surface area contributed by atoms with E-state index < -0.39 is 146 Å². The van der Waals surface area contributed by atoms with E-state index in [1.165, 1.54) is 0 Å². The lowest BCUT2D eigenvalue weighted by Crippen LogP contribution is -2.61. The molecule has 10 unspecified atom stereocenters. The molecule has 10 atom stereocenters. The normalized spacial score (nSPS) is 22.7. The van der Waals surface area contributed by atoms with Crippen LogP contribution >= 0.6 is 0 Å². The molecule has 77 heavy (non-hydrogen) atoms. The molecule has 0 spiro atoms. The summed E-state index contributed by atoms with van der Waals surface area (Å²) in [4.78, 5) is 150. The molecule has 0 saturated carbocycles. The van der Waals surface area contributed by atoms with Gasteiger partial charge in [0.1, 0.15) is 60.4 Å². The van der Waals surface area contributed by atoms with E-state index in [-0.39, 0.29) is 103 Å². The van der Waals surface area contributed by atoms with Gasteiger partial charge in [0.2, 0.25) is 65.5 Å². The van der Waals surface area contributed by atoms with E-state index in [0.717, 1.165) is 0 Å². The highest BCUT2D eigenvalue weighted by Gasteiger charge is 2.36. The van der Waals surface area contributed by atoms with E-state index in [0.29, 0.717) is 5.56 Å². The molecular formula is C48H82N16O13. The zero-order valence-electron chi connectivity index (χ0n) is 43.8. The zero-order chi connectivity index (χ0) is 57.5. The van der Waals surface area contributed by atoms with Crippen molar-refractivity contribution >= 4 is 65.5 Å². The van der Waals surface area contributed by atoms with Crippen LogP contribution in [0.25, 0.3) is 0 Å². The molecule has 1 aliphatic rings. The summed E-state index contributed by atoms with van der Waals surface area (Å²) in [6.07, 6.45) is -1.61. The predicted octanol–water partition coefficient (Wildman–Crippen LogP) is -8.22. The van der Waals surface area contributed by atoms with Crippen LogP contribution in [0.15, 0.2) is 30.3 Å². The minimum atomic E-state index is -1.63. The Morgan fingerprint density at radius 2 is 1.00 bits per heavy atom. The van der Waals surface area contributed by atoms with Gasteiger partial charge in [-0.1, -0.05) is 44.2 Å². The van der Waals surface area contributed by atoms with Gasteiger partial charge >= 0.3 is 0 Å². The first kappa shape index (κ1) is 66.2. The number of hydrogen-bond acceptors (Lipinski definition) is 18. The molecule has 1 aliphatic heterocycles. The second-order valence-electron chi connectivity index (χ2n) is 18.7. The second kappa shape index (κ2) is 36.2. The fraction of sp³-hybridized carbons (Fsp3) is 0.646. The van der Waals surface area contributed by atoms with Crippen molar-refractivity contribution in [2.24, 2.45) is 34.6 Å². The number of aliphatic hydroxyl groups excluding tert-OH is 2. The van der Waals surface area contributed by atoms with Crippen LogP contribution in [0.2, 0.25) is 0 Å². The van der Waals surface area contributed by atoms with E-state index in [4.69, 9.17) is 28.7 Å². The Morgan fingerprint density at radius 1 is 0.558 bits per heavy atom. The maximum atomic E-state index is 14.4. The summed E-state index contributed by atoms with van der Waals surface area (Å²) in [6, 6.07) is -5.48. The summed E-state index contributed by atoms with van der Waals surface area (Å²) in [5.41, 5.74) is 29.6. The lowest BCUT2D eigenvalue weighted by atomic mass is 10.00. The summed E-state index contributed by atoms with van der Waals surface area (Å²) in [5.74, 6) is -9.12. The molecule has 1 aromatic rings. The van der Waals surface area contributed by atoms with Crippen LogP contribution in [0.5, 0.6) is 0 Å². The van der Waals surface area contributed by atoms with Crippen LogP contribution in [0, 0.1) is 5.92 Å². The third kappa shape index (κ3) is 23.5. The van der Waals surface area contributed by atoms with Crippen LogP contribution in [-0.2, 0) is 59.2 Å². The van der Waals surface area contributed by atoms with Gasteiger partial charge in [-0.3, -0.25) is 52.7 Å². The van der Waals surface area contributed by atoms with E-state index in [2.05, 4.69) is 58.5 Å². The molecule has 2 rings (SSSR count). The Balaban J connectivity index is 2.73. The molecule has 29 heteroatoms. The third-order valence-corrected chi connectivity index (χ3v) is 12.1. The molecule has 1 aromatic carbocycles. The summed E-state index contributed by atoms with van der Waals surface area (Å²) in [5, 5.41) is 47.5. The Bertz CT molecular complexity index is 2090. The topological polar surface area (TPSA) is 491 Å². The molecule has 1 saturated heterocycles. The number of amides is 11. The maximum Gasteiger partial charge on any atom is 0.243 e. The predicted molar refractivity (Wildman–Crippen MR) is 279 cm³/mol. The van der Waals surface area contributed by atoms with Gasteiger partial charge in [-0.2, -0.15) is 0 Å². The quantitative estimate of drug-likeness (QED) is 0.0383. The molecule has 23 N–H and O–H groups in total. The van der Waals surface area contributed by atoms with Crippen molar-refractivity contribution < 1.29 is 63.0 Å². The number of nitrogens with two attached hydrogens (primary N) is 5. The molecular weight excluding hydrogens is 1010 g/mol. The van der Waals surface area contributed by atoms with Gasteiger partial charge in [0.15, 0.2) is 0 Å². The highest BCUT2D eigenvalue weighted by Crippen LogP contribution is 2.11. The third-order valence-electron chi connectivity index (χ3n) is 12.1. The Morgan fingerprint density at radius 3 is 1.48 bits per heavy atom. The summed E-state index contributed by atoms with van der Waals surface area (Å²) < 4.78 is 0. The van der Waals surface area contributed by atoms with Crippen LogP contribution in [-0.4, -0.2) is 189 Å². The summed E-state index contributed by atoms with van der Waals surface area (Å²) in [6.45, 7) is 1.33. The zero-order valence-corrected chi connectivity index (χ0v) is 43.8. The van der Waals surface area contributed by atoms with Crippen molar-refractivity contribution in [2.75, 3.05) is 52.5 Å². The Hall–Kier alpha value is -6.89. The monoisotopic (exact) mass is 1090 g/mol. The van der Waals surface area contributed by atoms with Gasteiger partial charge in [0, 0.05) is 26.2 Å². The molecule has 0 aliphatic carbocycles. The van der Waals surface area contributed by atoms with Crippen molar-refractivity contribution in [3.63, 3.8) is 0 Å². The van der Waals surface area contributed by atoms with Crippen LogP contribution in [0.3, 0.4) is 0 Å². The largest absolute Gasteiger partial charge is 0.396 e. The number of hydrogen-bond donors (Lipinski definition) is 18. The first-order valence-corrected chi connectivity index (χ1v) is 25.8. The van der Waals surface area contributed by atoms with Gasteiger partial charge in [0.05, 0.1) is 0 Å². The van der Waals surface area contributed by atoms with Gasteiger partial charge in [0.25, 0.3) is 0 Å². The molecule has 1 heterocycles. The van der Waals surface area contributed by atoms with E-state index in [1.807, 2.05) is 0 Å². The number of benzene rings is 1. The van der Waals surface area contributed by atoms with Crippen LogP contribution < -0.4 is 87.2 Å². The minimum Gasteiger partial charge on any atom is -0.396 e. The Labute approximate surface area is 447 Å². The number of rotatable bonds is 26. The number of aliphatic hydroxyl groups is 2. The molecule has 0 radical (unpaired) electrons. The summed E-state index contributed by atoms with van der Waals surface area (Å²) >= 11 is 0. The molecule has 29 nitrogen and oxygen atoms in total. The van der Waals surface area contributed by atoms with Crippen LogP contribution in [0.1, 0.15) is 77.2 Å². The lowest BCUT2D eigenvalue weighted by molar-refractivity contribution is -0.136. The first-order chi connectivity index (χ1) is 36.8. The van der Waals surface area contributed by atoms with Crippen molar-refractivity contribution in [3.8, 4) is 0 Å². The molecule has 432 valence electrons. The highest BCUT2D eigenvalue weighted by molar-refractivity contribution is 5.99. The first-order valence-electron chi connectivity index (χ1n) is 25.8. The van der Waals surface area contributed by atoms with Crippen molar-refractivity contribution in [3.05, 3.63) is 35.9 Å². The average molecular weight is 1090 g/mol. The van der Waals surface area contributed by atoms with E-state index in [9.17, 15) is 63.0 Å². The second-order valence-corrected chi connectivity index (χ2v) is 18.7. The Kier molecular flexibility index (Phi) is 31.1. The standard InChI is InChI=1S/C48H82N16O13/c1-27(2)24-37-47(76)59-32(11-19-52)41(70)56-31(10-18-51)43(72)61-35(14-22-65)39(68)54-21-13-34(45(74)57-33(12-20-53)44(73)64-38(48(77)63-37)25-28-6-4-3-5-7-28)60-42(71)30(9-17-50)58-46(75)36(15-23-66)62-40(69)29(8-16-49)55-26-67/h3-7,26-27,29-38,65-66H,8-25,49-53H2,1-2H3,(H,54,68)(H,55,67)(H,56,70)(H,57,74)(H,58,75)(H,59,76)(H,60,71)(H,61,72)(H,62,69)(H,63,77)(H,64,73). The number of nitrogens with one attached hydrogen (secondary N) is 11. The number of carbonyl (C=O) groups excluding carboxylic acids is 11. The van der Waals surface area contributed by atoms with Gasteiger partial charge in [-0.15, -0.1) is 0 Å². The van der Waals surface area contributed by atoms with Gasteiger partial charge in [-0.25, -0.2) is 0 Å². The fourth-order valence-corrected chi connectivity index (χ4v) is 8.02. The highest BCUT2D eigenvalue weighted by atomic mass is 16.3. The summed E-state index contributed by atoms with van der Waals surface area (Å²) in [7, 11) is 0. The van der Waals surface area contributed by atoms with Gasteiger partial charge in [-0.05, 0) is 102 Å². The van der Waals surface area contributed by atoms with Crippen molar-refractivity contribution in [1.29, 1.82) is 0 Å². The smallest absolute Gasteiger partial charge is 0.243 e. The van der Waals surface area contributed by atoms with E-state index >= 15 is 0 Å². The SMILES string of the molecule is CC(C)CC1NC(=O)C(Cc2ccccc2)NC(=O)C(CCN)NC(=O)C(NC(=O)C(CCN)NC(=O)C(CCO)NC(=O)C(CCN)NC=O)CCNC(=O)C(CCO)NC(=O)C(CCN)NC(=O)C(CCN)NC1=O. The minimum absolute atomic E-state index is 0.00155. The number of carbonyl (C=O) groups is 11. The molecule has 11 amide bonds. The van der Waals surface area contributed by atoms with Crippen molar-refractivity contribution in [2.45, 2.75) is 138 Å². The molecule has 0 bridgehead atoms. The maximum absolute atomic E-state index is 14.4. The molecule has 0 aromatic heterocycles. The lowest BCUT2D eigenvalue weighted by Gasteiger charge is -2.28. The van der Waals surface area contributed by atoms with Crippen LogP contribution in [0.4, 0.5) is 0 Å². The average Bonchev–Trinajstić information content (AvgIpc) is 3.38. The van der Waals surface area contributed by atoms with Gasteiger partial charge < -0.3 is 97.4 Å². The fourth-order valence-electron chi connectivity index (χ4n) is 8.02. The van der Waals surface area contributed by atoms with E-state index in [1.54, 1.807) is 44.2 Å².